The summed E-state index contributed by atoms with van der Waals surface area (Å²) in [6.07, 6.45) is 4.66. The molecule has 0 amide bonds. The highest BCUT2D eigenvalue weighted by molar-refractivity contribution is 5.43. The number of hydrogen-bond acceptors (Lipinski definition) is 4. The molecular formula is C14H20N2O3. The zero-order valence-corrected chi connectivity index (χ0v) is 11.2. The van der Waals surface area contributed by atoms with Gasteiger partial charge in [0.1, 0.15) is 5.75 Å². The maximum absolute atomic E-state index is 10.7. The van der Waals surface area contributed by atoms with Crippen LogP contribution in [0.4, 0.5) is 5.69 Å². The average molecular weight is 264 g/mol. The number of nitro groups is 1. The van der Waals surface area contributed by atoms with Crippen molar-refractivity contribution in [2.45, 2.75) is 38.6 Å². The van der Waals surface area contributed by atoms with Crippen LogP contribution in [-0.2, 0) is 0 Å². The van der Waals surface area contributed by atoms with E-state index in [1.165, 1.54) is 31.4 Å². The van der Waals surface area contributed by atoms with E-state index in [1.54, 1.807) is 6.07 Å². The predicted octanol–water partition coefficient (Wildman–Crippen LogP) is 2.81. The Balaban J connectivity index is 1.87. The van der Waals surface area contributed by atoms with Gasteiger partial charge in [-0.05, 0) is 44.4 Å². The smallest absolute Gasteiger partial charge is 0.273 e. The van der Waals surface area contributed by atoms with Crippen LogP contribution < -0.4 is 10.1 Å². The van der Waals surface area contributed by atoms with Crippen molar-refractivity contribution >= 4 is 5.69 Å². The van der Waals surface area contributed by atoms with Gasteiger partial charge < -0.3 is 10.1 Å². The molecule has 1 unspecified atom stereocenters. The van der Waals surface area contributed by atoms with Crippen molar-refractivity contribution in [3.8, 4) is 5.75 Å². The van der Waals surface area contributed by atoms with Crippen LogP contribution in [0.5, 0.6) is 5.75 Å². The van der Waals surface area contributed by atoms with Crippen LogP contribution in [0.15, 0.2) is 18.2 Å². The summed E-state index contributed by atoms with van der Waals surface area (Å²) < 4.78 is 5.69. The van der Waals surface area contributed by atoms with Gasteiger partial charge in [-0.3, -0.25) is 10.1 Å². The minimum atomic E-state index is -0.394. The molecular weight excluding hydrogens is 244 g/mol. The van der Waals surface area contributed by atoms with Gasteiger partial charge in [0.25, 0.3) is 5.69 Å². The zero-order chi connectivity index (χ0) is 13.7. The lowest BCUT2D eigenvalue weighted by atomic mass is 10.0. The van der Waals surface area contributed by atoms with Crippen LogP contribution in [0.2, 0.25) is 0 Å². The van der Waals surface area contributed by atoms with E-state index in [-0.39, 0.29) is 5.69 Å². The third-order valence-electron chi connectivity index (χ3n) is 3.52. The van der Waals surface area contributed by atoms with Gasteiger partial charge in [-0.15, -0.1) is 0 Å². The predicted molar refractivity (Wildman–Crippen MR) is 73.6 cm³/mol. The molecule has 1 N–H and O–H groups in total. The first-order valence-electron chi connectivity index (χ1n) is 6.78. The topological polar surface area (TPSA) is 64.4 Å². The van der Waals surface area contributed by atoms with E-state index in [1.807, 2.05) is 6.92 Å². The highest BCUT2D eigenvalue weighted by Crippen LogP contribution is 2.24. The molecule has 0 aromatic heterocycles. The second kappa shape index (κ2) is 6.52. The lowest BCUT2D eigenvalue weighted by Crippen LogP contribution is -2.35. The maximum Gasteiger partial charge on any atom is 0.273 e. The number of piperidine rings is 1. The Kier molecular flexibility index (Phi) is 4.74. The van der Waals surface area contributed by atoms with Crippen LogP contribution in [0, 0.1) is 17.0 Å². The molecule has 1 aliphatic heterocycles. The minimum absolute atomic E-state index is 0.0800. The van der Waals surface area contributed by atoms with Gasteiger partial charge in [0.2, 0.25) is 0 Å². The number of benzene rings is 1. The summed E-state index contributed by atoms with van der Waals surface area (Å²) in [5, 5.41) is 14.2. The molecule has 104 valence electrons. The summed E-state index contributed by atoms with van der Waals surface area (Å²) in [4.78, 5) is 10.3. The summed E-state index contributed by atoms with van der Waals surface area (Å²) in [7, 11) is 0. The molecule has 0 saturated carbocycles. The molecule has 1 aromatic rings. The monoisotopic (exact) mass is 264 g/mol. The lowest BCUT2D eigenvalue weighted by molar-refractivity contribution is -0.384. The van der Waals surface area contributed by atoms with E-state index in [4.69, 9.17) is 4.74 Å². The summed E-state index contributed by atoms with van der Waals surface area (Å²) in [6, 6.07) is 5.26. The molecule has 0 bridgehead atoms. The van der Waals surface area contributed by atoms with E-state index in [0.717, 1.165) is 18.5 Å². The molecule has 0 spiro atoms. The largest absolute Gasteiger partial charge is 0.493 e. The van der Waals surface area contributed by atoms with Gasteiger partial charge in [-0.2, -0.15) is 0 Å². The quantitative estimate of drug-likeness (QED) is 0.656. The van der Waals surface area contributed by atoms with Crippen LogP contribution in [-0.4, -0.2) is 24.1 Å². The molecule has 1 heterocycles. The molecule has 5 heteroatoms. The van der Waals surface area contributed by atoms with E-state index in [2.05, 4.69) is 5.32 Å². The van der Waals surface area contributed by atoms with Gasteiger partial charge >= 0.3 is 0 Å². The van der Waals surface area contributed by atoms with Gasteiger partial charge in [-0.25, -0.2) is 0 Å². The fourth-order valence-corrected chi connectivity index (χ4v) is 2.34. The highest BCUT2D eigenvalue weighted by atomic mass is 16.6. The number of ether oxygens (including phenoxy) is 1. The fraction of sp³-hybridized carbons (Fsp3) is 0.571. The first-order valence-corrected chi connectivity index (χ1v) is 6.78. The maximum atomic E-state index is 10.7. The summed E-state index contributed by atoms with van der Waals surface area (Å²) >= 11 is 0. The molecule has 1 aromatic carbocycles. The number of nitrogens with zero attached hydrogens (tertiary/aromatic N) is 1. The van der Waals surface area contributed by atoms with Crippen LogP contribution in [0.1, 0.15) is 31.2 Å². The summed E-state index contributed by atoms with van der Waals surface area (Å²) in [5.74, 6) is 0.616. The van der Waals surface area contributed by atoms with Crippen molar-refractivity contribution in [2.24, 2.45) is 0 Å². The number of nitro benzene ring substituents is 1. The number of rotatable bonds is 5. The van der Waals surface area contributed by atoms with Crippen molar-refractivity contribution in [2.75, 3.05) is 13.2 Å². The fourth-order valence-electron chi connectivity index (χ4n) is 2.34. The molecule has 1 fully saturated rings. The third kappa shape index (κ3) is 3.92. The Labute approximate surface area is 113 Å². The molecule has 5 nitrogen and oxygen atoms in total. The molecule has 2 rings (SSSR count). The number of non-ortho nitro benzene ring substituents is 1. The van der Waals surface area contributed by atoms with Crippen molar-refractivity contribution in [1.29, 1.82) is 0 Å². The first-order chi connectivity index (χ1) is 9.16. The Hall–Kier alpha value is -1.62. The van der Waals surface area contributed by atoms with Crippen molar-refractivity contribution in [3.63, 3.8) is 0 Å². The van der Waals surface area contributed by atoms with Gasteiger partial charge in [0.15, 0.2) is 0 Å². The molecule has 1 atom stereocenters. The Bertz CT molecular complexity index is 442. The Morgan fingerprint density at radius 1 is 1.47 bits per heavy atom. The second-order valence-corrected chi connectivity index (χ2v) is 4.99. The Morgan fingerprint density at radius 3 is 3.00 bits per heavy atom. The number of nitrogens with one attached hydrogen (secondary N) is 1. The van der Waals surface area contributed by atoms with Gasteiger partial charge in [0.05, 0.1) is 17.6 Å². The van der Waals surface area contributed by atoms with Crippen molar-refractivity contribution in [3.05, 3.63) is 33.9 Å². The number of hydrogen-bond donors (Lipinski definition) is 1. The molecule has 0 aliphatic carbocycles. The van der Waals surface area contributed by atoms with Gasteiger partial charge in [0, 0.05) is 12.1 Å². The standard InChI is InChI=1S/C14H20N2O3/c1-11-5-6-13(16(17)18)10-14(11)19-9-7-12-4-2-3-8-15-12/h5-6,10,12,15H,2-4,7-9H2,1H3. The zero-order valence-electron chi connectivity index (χ0n) is 11.2. The SMILES string of the molecule is Cc1ccc([N+](=O)[O-])cc1OCCC1CCCCN1. The summed E-state index contributed by atoms with van der Waals surface area (Å²) in [6.45, 7) is 3.58. The third-order valence-corrected chi connectivity index (χ3v) is 3.52. The van der Waals surface area contributed by atoms with E-state index in [9.17, 15) is 10.1 Å². The van der Waals surface area contributed by atoms with E-state index >= 15 is 0 Å². The molecule has 1 aliphatic rings. The molecule has 19 heavy (non-hydrogen) atoms. The first kappa shape index (κ1) is 13.8. The normalized spacial score (nSPS) is 19.1. The highest BCUT2D eigenvalue weighted by Gasteiger charge is 2.13. The van der Waals surface area contributed by atoms with Crippen LogP contribution >= 0.6 is 0 Å². The molecule has 1 saturated heterocycles. The summed E-state index contributed by atoms with van der Waals surface area (Å²) in [5.41, 5.74) is 1.01. The van der Waals surface area contributed by atoms with Crippen molar-refractivity contribution in [1.82, 2.24) is 5.32 Å². The van der Waals surface area contributed by atoms with Crippen LogP contribution in [0.3, 0.4) is 0 Å². The molecule has 0 radical (unpaired) electrons. The second-order valence-electron chi connectivity index (χ2n) is 4.99. The van der Waals surface area contributed by atoms with E-state index < -0.39 is 4.92 Å². The lowest BCUT2D eigenvalue weighted by Gasteiger charge is -2.23. The minimum Gasteiger partial charge on any atom is -0.493 e. The van der Waals surface area contributed by atoms with Crippen LogP contribution in [0.25, 0.3) is 0 Å². The number of aryl methyl sites for hydroxylation is 1. The Morgan fingerprint density at radius 2 is 2.32 bits per heavy atom. The van der Waals surface area contributed by atoms with Gasteiger partial charge in [-0.1, -0.05) is 6.42 Å². The van der Waals surface area contributed by atoms with Crippen molar-refractivity contribution < 1.29 is 9.66 Å². The van der Waals surface area contributed by atoms with E-state index in [0.29, 0.717) is 18.4 Å². The average Bonchev–Trinajstić information content (AvgIpc) is 2.42.